The average Bonchev–Trinajstić information content (AvgIpc) is 3.38. The van der Waals surface area contributed by atoms with Gasteiger partial charge in [-0.3, -0.25) is 0 Å². The molecule has 1 nitrogen and oxygen atoms in total. The first-order valence-electron chi connectivity index (χ1n) is 15.5. The number of rotatable bonds is 2. The molecule has 9 rings (SSSR count). The Kier molecular flexibility index (Phi) is 5.23. The summed E-state index contributed by atoms with van der Waals surface area (Å²) >= 11 is 0. The number of pyridine rings is 1. The molecule has 0 saturated heterocycles. The lowest BCUT2D eigenvalue weighted by Gasteiger charge is -2.46. The highest BCUT2D eigenvalue weighted by Gasteiger charge is 2.53. The van der Waals surface area contributed by atoms with Gasteiger partial charge in [-0.25, -0.2) is 4.98 Å². The summed E-state index contributed by atoms with van der Waals surface area (Å²) in [5.74, 6) is 0. The van der Waals surface area contributed by atoms with Crippen LogP contribution in [0.1, 0.15) is 47.2 Å². The lowest BCUT2D eigenvalue weighted by atomic mass is 9.55. The summed E-state index contributed by atoms with van der Waals surface area (Å²) in [4.78, 5) is 5.26. The molecule has 1 aromatic heterocycles. The fourth-order valence-corrected chi connectivity index (χ4v) is 8.20. The third-order valence-electron chi connectivity index (χ3n) is 10.2. The lowest BCUT2D eigenvalue weighted by molar-refractivity contribution is 0.563. The summed E-state index contributed by atoms with van der Waals surface area (Å²) in [7, 11) is 0. The van der Waals surface area contributed by atoms with Crippen LogP contribution >= 0.6 is 0 Å². The Bertz CT molecular complexity index is 2210. The number of hydrogen-bond donors (Lipinski definition) is 0. The van der Waals surface area contributed by atoms with Crippen molar-refractivity contribution in [1.29, 1.82) is 0 Å². The molecule has 6 aromatic carbocycles. The Morgan fingerprint density at radius 3 is 1.70 bits per heavy atom. The summed E-state index contributed by atoms with van der Waals surface area (Å²) in [6.07, 6.45) is 0. The zero-order valence-electron chi connectivity index (χ0n) is 24.9. The van der Waals surface area contributed by atoms with Crippen LogP contribution in [0.4, 0.5) is 0 Å². The second-order valence-electron chi connectivity index (χ2n) is 12.7. The molecule has 2 aliphatic carbocycles. The van der Waals surface area contributed by atoms with Crippen LogP contribution in [-0.4, -0.2) is 4.98 Å². The second kappa shape index (κ2) is 9.11. The molecule has 0 aliphatic heterocycles. The number of para-hydroxylation sites is 1. The van der Waals surface area contributed by atoms with Gasteiger partial charge in [-0.05, 0) is 73.8 Å². The van der Waals surface area contributed by atoms with E-state index in [0.717, 1.165) is 16.8 Å². The van der Waals surface area contributed by atoms with E-state index in [9.17, 15) is 0 Å². The Balaban J connectivity index is 1.38. The predicted octanol–water partition coefficient (Wildman–Crippen LogP) is 10.6. The van der Waals surface area contributed by atoms with Crippen LogP contribution < -0.4 is 0 Å². The number of aromatic nitrogens is 1. The number of fused-ring (bicyclic) bond motifs is 10. The van der Waals surface area contributed by atoms with Crippen LogP contribution in [0.3, 0.4) is 0 Å². The van der Waals surface area contributed by atoms with Gasteiger partial charge in [0.2, 0.25) is 0 Å². The first-order valence-corrected chi connectivity index (χ1v) is 15.5. The van der Waals surface area contributed by atoms with Gasteiger partial charge in [0.1, 0.15) is 0 Å². The van der Waals surface area contributed by atoms with Crippen molar-refractivity contribution in [3.63, 3.8) is 0 Å². The molecule has 0 radical (unpaired) electrons. The van der Waals surface area contributed by atoms with Crippen molar-refractivity contribution in [2.45, 2.75) is 24.7 Å². The van der Waals surface area contributed by atoms with E-state index in [-0.39, 0.29) is 5.41 Å². The monoisotopic (exact) mass is 561 g/mol. The maximum Gasteiger partial charge on any atom is 0.0719 e. The Labute approximate surface area is 258 Å². The maximum absolute atomic E-state index is 5.26. The van der Waals surface area contributed by atoms with Crippen molar-refractivity contribution >= 4 is 10.9 Å². The third-order valence-corrected chi connectivity index (χ3v) is 10.2. The first kappa shape index (κ1) is 25.2. The molecule has 1 spiro atoms. The molecular formula is C43H31N. The standard InChI is InChI=1S/C43H31N/c1-42(2)36-21-11-12-22-38(36)43(34-19-9-6-16-30(34)31-17-7-10-20-35(31)43)39-26-29(24-25-37(39)42)41-27-33(28-14-4-3-5-15-28)32-18-8-13-23-40(32)44-41/h3-27H,1-2H3. The van der Waals surface area contributed by atoms with Crippen LogP contribution in [0, 0.1) is 0 Å². The number of hydrogen-bond acceptors (Lipinski definition) is 1. The molecule has 44 heavy (non-hydrogen) atoms. The summed E-state index contributed by atoms with van der Waals surface area (Å²) in [6.45, 7) is 4.76. The fraction of sp³-hybridized carbons (Fsp3) is 0.0930. The van der Waals surface area contributed by atoms with Crippen LogP contribution in [-0.2, 0) is 10.8 Å². The van der Waals surface area contributed by atoms with Gasteiger partial charge in [0.25, 0.3) is 0 Å². The van der Waals surface area contributed by atoms with E-state index < -0.39 is 5.41 Å². The molecule has 0 bridgehead atoms. The van der Waals surface area contributed by atoms with E-state index in [1.807, 2.05) is 0 Å². The SMILES string of the molecule is CC1(C)c2ccccc2C2(c3ccccc3-c3ccccc32)c2cc(-c3cc(-c4ccccc4)c4ccccc4n3)ccc21. The molecule has 0 N–H and O–H groups in total. The minimum absolute atomic E-state index is 0.159. The summed E-state index contributed by atoms with van der Waals surface area (Å²) in [5.41, 5.74) is 15.9. The van der Waals surface area contributed by atoms with E-state index in [4.69, 9.17) is 4.98 Å². The molecule has 208 valence electrons. The van der Waals surface area contributed by atoms with E-state index in [1.165, 1.54) is 61.0 Å². The van der Waals surface area contributed by atoms with Crippen LogP contribution in [0.15, 0.2) is 152 Å². The van der Waals surface area contributed by atoms with Crippen molar-refractivity contribution in [2.24, 2.45) is 0 Å². The van der Waals surface area contributed by atoms with Gasteiger partial charge in [0, 0.05) is 16.4 Å². The van der Waals surface area contributed by atoms with Gasteiger partial charge >= 0.3 is 0 Å². The molecule has 7 aromatic rings. The van der Waals surface area contributed by atoms with Gasteiger partial charge in [-0.1, -0.05) is 147 Å². The van der Waals surface area contributed by atoms with Crippen LogP contribution in [0.5, 0.6) is 0 Å². The molecule has 0 amide bonds. The molecule has 0 saturated carbocycles. The smallest absolute Gasteiger partial charge is 0.0719 e. The minimum atomic E-state index is -0.413. The van der Waals surface area contributed by atoms with Crippen LogP contribution in [0.25, 0.3) is 44.4 Å². The first-order chi connectivity index (χ1) is 21.6. The lowest BCUT2D eigenvalue weighted by Crippen LogP contribution is -2.40. The van der Waals surface area contributed by atoms with E-state index in [1.54, 1.807) is 0 Å². The quantitative estimate of drug-likeness (QED) is 0.205. The fourth-order valence-electron chi connectivity index (χ4n) is 8.20. The molecule has 2 aliphatic rings. The number of benzene rings is 6. The largest absolute Gasteiger partial charge is 0.248 e. The zero-order chi connectivity index (χ0) is 29.5. The van der Waals surface area contributed by atoms with Gasteiger partial charge in [-0.2, -0.15) is 0 Å². The van der Waals surface area contributed by atoms with E-state index in [0.29, 0.717) is 0 Å². The summed E-state index contributed by atoms with van der Waals surface area (Å²) < 4.78 is 0. The maximum atomic E-state index is 5.26. The summed E-state index contributed by atoms with van der Waals surface area (Å²) in [5, 5.41) is 1.17. The highest BCUT2D eigenvalue weighted by atomic mass is 14.7. The van der Waals surface area contributed by atoms with Gasteiger partial charge < -0.3 is 0 Å². The van der Waals surface area contributed by atoms with Crippen molar-refractivity contribution in [1.82, 2.24) is 4.98 Å². The zero-order valence-corrected chi connectivity index (χ0v) is 24.9. The normalized spacial score (nSPS) is 15.0. The Hall–Kier alpha value is -5.27. The molecule has 0 fully saturated rings. The highest BCUT2D eigenvalue weighted by molar-refractivity contribution is 5.97. The second-order valence-corrected chi connectivity index (χ2v) is 12.7. The molecule has 0 atom stereocenters. The Morgan fingerprint density at radius 1 is 0.409 bits per heavy atom. The topological polar surface area (TPSA) is 12.9 Å². The number of nitrogens with zero attached hydrogens (tertiary/aromatic N) is 1. The van der Waals surface area contributed by atoms with E-state index in [2.05, 4.69) is 166 Å². The van der Waals surface area contributed by atoms with Crippen molar-refractivity contribution in [2.75, 3.05) is 0 Å². The summed E-state index contributed by atoms with van der Waals surface area (Å²) in [6, 6.07) is 55.8. The highest BCUT2D eigenvalue weighted by Crippen LogP contribution is 2.62. The predicted molar refractivity (Wildman–Crippen MR) is 182 cm³/mol. The van der Waals surface area contributed by atoms with Gasteiger partial charge in [0.05, 0.1) is 16.6 Å². The van der Waals surface area contributed by atoms with Crippen molar-refractivity contribution in [3.05, 3.63) is 185 Å². The molecule has 1 heteroatoms. The third kappa shape index (κ3) is 3.27. The van der Waals surface area contributed by atoms with Gasteiger partial charge in [-0.15, -0.1) is 0 Å². The molecular weight excluding hydrogens is 530 g/mol. The van der Waals surface area contributed by atoms with Gasteiger partial charge in [0.15, 0.2) is 0 Å². The molecule has 0 unspecified atom stereocenters. The molecule has 1 heterocycles. The van der Waals surface area contributed by atoms with Crippen molar-refractivity contribution < 1.29 is 0 Å². The van der Waals surface area contributed by atoms with Crippen LogP contribution in [0.2, 0.25) is 0 Å². The Morgan fingerprint density at radius 2 is 0.977 bits per heavy atom. The minimum Gasteiger partial charge on any atom is -0.248 e. The van der Waals surface area contributed by atoms with Crippen molar-refractivity contribution in [3.8, 4) is 33.5 Å². The average molecular weight is 562 g/mol. The van der Waals surface area contributed by atoms with E-state index >= 15 is 0 Å².